The zero-order valence-electron chi connectivity index (χ0n) is 22.3. The molecule has 5 rings (SSSR count). The predicted octanol–water partition coefficient (Wildman–Crippen LogP) is 5.98. The number of aromatic nitrogens is 1. The lowest BCUT2D eigenvalue weighted by atomic mass is 9.97. The van der Waals surface area contributed by atoms with Gasteiger partial charge in [0.15, 0.2) is 0 Å². The number of aromatic hydroxyl groups is 1. The minimum Gasteiger partial charge on any atom is -0.508 e. The lowest BCUT2D eigenvalue weighted by molar-refractivity contribution is -0.120. The van der Waals surface area contributed by atoms with Gasteiger partial charge in [-0.15, -0.1) is 0 Å². The molecule has 0 spiro atoms. The van der Waals surface area contributed by atoms with Crippen molar-refractivity contribution in [3.05, 3.63) is 71.9 Å². The van der Waals surface area contributed by atoms with Crippen molar-refractivity contribution in [3.63, 3.8) is 0 Å². The highest BCUT2D eigenvalue weighted by Gasteiger charge is 2.36. The Morgan fingerprint density at radius 3 is 2.69 bits per heavy atom. The number of hydrogen-bond donors (Lipinski definition) is 2. The quantitative estimate of drug-likeness (QED) is 0.416. The number of carbonyl (C=O) groups is 2. The van der Waals surface area contributed by atoms with E-state index in [1.807, 2.05) is 30.3 Å². The van der Waals surface area contributed by atoms with Gasteiger partial charge in [0.25, 0.3) is 0 Å². The van der Waals surface area contributed by atoms with Gasteiger partial charge < -0.3 is 24.6 Å². The number of hydrogen-bond acceptors (Lipinski definition) is 7. The first-order valence-corrected chi connectivity index (χ1v) is 13.2. The third-order valence-corrected chi connectivity index (χ3v) is 6.63. The molecule has 2 aliphatic rings. The molecule has 39 heavy (non-hydrogen) atoms. The predicted molar refractivity (Wildman–Crippen MR) is 145 cm³/mol. The summed E-state index contributed by atoms with van der Waals surface area (Å²) in [5.41, 5.74) is 1.88. The number of fused-ring (bicyclic) bond motifs is 1. The third kappa shape index (κ3) is 6.42. The number of nitrogens with one attached hydrogen (secondary N) is 1. The van der Waals surface area contributed by atoms with E-state index in [0.717, 1.165) is 36.1 Å². The van der Waals surface area contributed by atoms with Crippen LogP contribution in [0.4, 0.5) is 10.5 Å². The number of anilines is 1. The second kappa shape index (κ2) is 10.8. The molecule has 2 atom stereocenters. The number of aryl methyl sites for hydroxylation is 1. The van der Waals surface area contributed by atoms with E-state index in [-0.39, 0.29) is 17.8 Å². The van der Waals surface area contributed by atoms with Gasteiger partial charge in [-0.3, -0.25) is 9.69 Å². The molecule has 1 unspecified atom stereocenters. The third-order valence-electron chi connectivity index (χ3n) is 6.63. The normalized spacial score (nSPS) is 18.6. The molecule has 2 aromatic carbocycles. The van der Waals surface area contributed by atoms with E-state index in [9.17, 15) is 14.7 Å². The summed E-state index contributed by atoms with van der Waals surface area (Å²) in [6.45, 7) is 5.90. The summed E-state index contributed by atoms with van der Waals surface area (Å²) in [4.78, 5) is 31.2. The molecule has 2 amide bonds. The van der Waals surface area contributed by atoms with Crippen LogP contribution < -0.4 is 14.8 Å². The molecule has 2 N–H and O–H groups in total. The number of rotatable bonds is 5. The Morgan fingerprint density at radius 2 is 1.95 bits per heavy atom. The maximum atomic E-state index is 12.9. The standard InChI is InChI=1S/C30H33N3O6/c1-30(2,3)39-29(36)33-15-5-8-24(33)28(35)32-21-10-14-27(31-18-21)37-23-11-13-26-20(17-23)9-12-25(38-26)19-6-4-7-22(34)16-19/h4,6-7,10-11,13-14,16-18,24-25,34H,5,8-9,12,15H2,1-3H3,(H,32,35)/t24-,25?/m0/s1. The Kier molecular flexibility index (Phi) is 7.32. The SMILES string of the molecule is CC(C)(C)OC(=O)N1CCC[C@H]1C(=O)Nc1ccc(Oc2ccc3c(c2)CCC(c2cccc(O)c2)O3)nc1. The minimum absolute atomic E-state index is 0.110. The van der Waals surface area contributed by atoms with Crippen molar-refractivity contribution in [1.82, 2.24) is 9.88 Å². The van der Waals surface area contributed by atoms with Crippen LogP contribution in [-0.4, -0.2) is 45.2 Å². The molecular weight excluding hydrogens is 498 g/mol. The minimum atomic E-state index is -0.624. The topological polar surface area (TPSA) is 110 Å². The molecule has 9 nitrogen and oxygen atoms in total. The van der Waals surface area contributed by atoms with Gasteiger partial charge >= 0.3 is 6.09 Å². The molecule has 0 radical (unpaired) electrons. The molecule has 1 aromatic heterocycles. The summed E-state index contributed by atoms with van der Waals surface area (Å²) in [5.74, 6) is 1.77. The van der Waals surface area contributed by atoms with Crippen LogP contribution in [0.5, 0.6) is 23.1 Å². The van der Waals surface area contributed by atoms with Crippen LogP contribution in [0.25, 0.3) is 0 Å². The van der Waals surface area contributed by atoms with Crippen LogP contribution >= 0.6 is 0 Å². The summed E-state index contributed by atoms with van der Waals surface area (Å²) in [6, 6.07) is 15.6. The van der Waals surface area contributed by atoms with Crippen LogP contribution in [0.2, 0.25) is 0 Å². The first kappa shape index (κ1) is 26.3. The average Bonchev–Trinajstić information content (AvgIpc) is 3.39. The summed E-state index contributed by atoms with van der Waals surface area (Å²) < 4.78 is 17.6. The Hall–Kier alpha value is -4.27. The molecule has 0 bridgehead atoms. The van der Waals surface area contributed by atoms with Crippen molar-refractivity contribution >= 4 is 17.7 Å². The first-order chi connectivity index (χ1) is 18.6. The molecule has 2 aliphatic heterocycles. The first-order valence-electron chi connectivity index (χ1n) is 13.2. The molecule has 0 saturated carbocycles. The highest BCUT2D eigenvalue weighted by atomic mass is 16.6. The Labute approximate surface area is 227 Å². The second-order valence-electron chi connectivity index (χ2n) is 10.8. The molecule has 3 aromatic rings. The van der Waals surface area contributed by atoms with Crippen LogP contribution in [0.3, 0.4) is 0 Å². The maximum Gasteiger partial charge on any atom is 0.410 e. The number of amides is 2. The van der Waals surface area contributed by atoms with Crippen molar-refractivity contribution < 1.29 is 28.9 Å². The van der Waals surface area contributed by atoms with Gasteiger partial charge in [0.1, 0.15) is 35.0 Å². The van der Waals surface area contributed by atoms with E-state index in [1.165, 1.54) is 11.1 Å². The van der Waals surface area contributed by atoms with Gasteiger partial charge in [-0.25, -0.2) is 9.78 Å². The largest absolute Gasteiger partial charge is 0.508 e. The number of phenolic OH excluding ortho intramolecular Hbond substituents is 1. The summed E-state index contributed by atoms with van der Waals surface area (Å²) >= 11 is 0. The van der Waals surface area contributed by atoms with E-state index in [0.29, 0.717) is 30.3 Å². The van der Waals surface area contributed by atoms with E-state index >= 15 is 0 Å². The van der Waals surface area contributed by atoms with Crippen molar-refractivity contribution in [2.24, 2.45) is 0 Å². The Balaban J connectivity index is 1.18. The maximum absolute atomic E-state index is 12.9. The molecule has 204 valence electrons. The van der Waals surface area contributed by atoms with Crippen LogP contribution in [0.1, 0.15) is 57.3 Å². The van der Waals surface area contributed by atoms with Gasteiger partial charge in [0.05, 0.1) is 11.9 Å². The number of phenols is 1. The molecule has 3 heterocycles. The number of nitrogens with zero attached hydrogens (tertiary/aromatic N) is 2. The number of carbonyl (C=O) groups excluding carboxylic acids is 2. The summed E-state index contributed by atoms with van der Waals surface area (Å²) in [5, 5.41) is 12.6. The van der Waals surface area contributed by atoms with Gasteiger partial charge in [0, 0.05) is 12.6 Å². The fourth-order valence-electron chi connectivity index (χ4n) is 4.83. The van der Waals surface area contributed by atoms with Crippen molar-refractivity contribution in [3.8, 4) is 23.1 Å². The number of benzene rings is 2. The number of ether oxygens (including phenoxy) is 3. The Morgan fingerprint density at radius 1 is 1.10 bits per heavy atom. The monoisotopic (exact) mass is 531 g/mol. The number of likely N-dealkylation sites (tertiary alicyclic amines) is 1. The van der Waals surface area contributed by atoms with E-state index in [1.54, 1.807) is 45.0 Å². The van der Waals surface area contributed by atoms with Gasteiger partial charge in [-0.05, 0) is 94.0 Å². The zero-order valence-corrected chi connectivity index (χ0v) is 22.3. The lowest BCUT2D eigenvalue weighted by Crippen LogP contribution is -2.45. The van der Waals surface area contributed by atoms with Gasteiger partial charge in [-0.2, -0.15) is 0 Å². The van der Waals surface area contributed by atoms with Crippen LogP contribution in [0.15, 0.2) is 60.8 Å². The molecular formula is C30H33N3O6. The van der Waals surface area contributed by atoms with E-state index in [4.69, 9.17) is 14.2 Å². The van der Waals surface area contributed by atoms with E-state index < -0.39 is 17.7 Å². The molecule has 9 heteroatoms. The van der Waals surface area contributed by atoms with E-state index in [2.05, 4.69) is 10.3 Å². The lowest BCUT2D eigenvalue weighted by Gasteiger charge is -2.28. The van der Waals surface area contributed by atoms with Gasteiger partial charge in [-0.1, -0.05) is 12.1 Å². The zero-order chi connectivity index (χ0) is 27.6. The van der Waals surface area contributed by atoms with Crippen molar-refractivity contribution in [1.29, 1.82) is 0 Å². The number of pyridine rings is 1. The molecule has 0 aliphatic carbocycles. The smallest absolute Gasteiger partial charge is 0.410 e. The highest BCUT2D eigenvalue weighted by Crippen LogP contribution is 2.38. The summed E-state index contributed by atoms with van der Waals surface area (Å²) in [6.07, 6.45) is 3.86. The van der Waals surface area contributed by atoms with Crippen LogP contribution in [-0.2, 0) is 16.0 Å². The molecule has 1 fully saturated rings. The Bertz CT molecular complexity index is 1350. The van der Waals surface area contributed by atoms with Crippen molar-refractivity contribution in [2.45, 2.75) is 64.2 Å². The second-order valence-corrected chi connectivity index (χ2v) is 10.8. The van der Waals surface area contributed by atoms with Gasteiger partial charge in [0.2, 0.25) is 11.8 Å². The fourth-order valence-corrected chi connectivity index (χ4v) is 4.83. The van der Waals surface area contributed by atoms with Crippen LogP contribution in [0, 0.1) is 0 Å². The highest BCUT2D eigenvalue weighted by molar-refractivity contribution is 5.96. The summed E-state index contributed by atoms with van der Waals surface area (Å²) in [7, 11) is 0. The average molecular weight is 532 g/mol. The fraction of sp³-hybridized carbons (Fsp3) is 0.367. The molecule has 1 saturated heterocycles. The van der Waals surface area contributed by atoms with Crippen molar-refractivity contribution in [2.75, 3.05) is 11.9 Å².